The van der Waals surface area contributed by atoms with Gasteiger partial charge < -0.3 is 0 Å². The minimum atomic E-state index is -4.68. The second kappa shape index (κ2) is 7.91. The molecule has 0 radical (unpaired) electrons. The van der Waals surface area contributed by atoms with Crippen molar-refractivity contribution in [2.75, 3.05) is 6.61 Å². The third-order valence-electron chi connectivity index (χ3n) is 1.79. The van der Waals surface area contributed by atoms with Crippen LogP contribution in [0.1, 0.15) is 45.4 Å². The van der Waals surface area contributed by atoms with Gasteiger partial charge in [0, 0.05) is 0 Å². The van der Waals surface area contributed by atoms with E-state index in [1.807, 2.05) is 0 Å². The molecule has 0 amide bonds. The van der Waals surface area contributed by atoms with Crippen LogP contribution in [0.2, 0.25) is 0 Å². The van der Waals surface area contributed by atoms with Crippen molar-refractivity contribution in [3.05, 3.63) is 0 Å². The molecule has 0 bridgehead atoms. The van der Waals surface area contributed by atoms with Crippen LogP contribution in [0.25, 0.3) is 0 Å². The third-order valence-corrected chi connectivity index (χ3v) is 2.72. The molecule has 13 heavy (non-hydrogen) atoms. The van der Waals surface area contributed by atoms with Gasteiger partial charge in [0.1, 0.15) is 0 Å². The molecule has 0 rings (SSSR count). The average Bonchev–Trinajstić information content (AvgIpc) is 2.01. The number of hydrogen-bond acceptors (Lipinski definition) is 4. The Labute approximate surface area is 84.8 Å². The van der Waals surface area contributed by atoms with Gasteiger partial charge in [-0.25, -0.2) is 0 Å². The van der Waals surface area contributed by atoms with Gasteiger partial charge in [-0.3, -0.25) is 0 Å². The summed E-state index contributed by atoms with van der Waals surface area (Å²) in [5.74, 6) is 0. The topological polar surface area (TPSA) is 69.9 Å². The Morgan fingerprint density at radius 1 is 0.923 bits per heavy atom. The molecular weight excluding hydrogens is 208 g/mol. The predicted molar refractivity (Wildman–Crippen MR) is 46.0 cm³/mol. The van der Waals surface area contributed by atoms with Gasteiger partial charge in [0.2, 0.25) is 0 Å². The van der Waals surface area contributed by atoms with Crippen LogP contribution in [0.15, 0.2) is 0 Å². The van der Waals surface area contributed by atoms with E-state index in [2.05, 4.69) is 10.2 Å². The second-order valence-corrected chi connectivity index (χ2v) is 5.43. The quantitative estimate of drug-likeness (QED) is 0.430. The summed E-state index contributed by atoms with van der Waals surface area (Å²) in [4.78, 5) is 0. The van der Waals surface area contributed by atoms with E-state index in [1.165, 1.54) is 19.3 Å². The van der Waals surface area contributed by atoms with Gasteiger partial charge in [0.25, 0.3) is 0 Å². The third kappa shape index (κ3) is 12.6. The summed E-state index contributed by atoms with van der Waals surface area (Å²) in [5.41, 5.74) is 0. The molecule has 0 fully saturated rings. The van der Waals surface area contributed by atoms with E-state index in [1.54, 1.807) is 0 Å². The van der Waals surface area contributed by atoms with Crippen LogP contribution in [-0.2, 0) is 21.5 Å². The molecular formula is C8H20O4Ti. The molecule has 0 unspecified atom stereocenters. The first-order chi connectivity index (χ1) is 6.06. The van der Waals surface area contributed by atoms with Gasteiger partial charge in [0.05, 0.1) is 0 Å². The molecule has 5 heteroatoms. The van der Waals surface area contributed by atoms with Gasteiger partial charge in [-0.2, -0.15) is 0 Å². The van der Waals surface area contributed by atoms with Crippen molar-refractivity contribution < 1.29 is 32.5 Å². The van der Waals surface area contributed by atoms with Crippen LogP contribution in [0.5, 0.6) is 0 Å². The van der Waals surface area contributed by atoms with E-state index >= 15 is 0 Å². The summed E-state index contributed by atoms with van der Waals surface area (Å²) in [6, 6.07) is 0. The molecule has 0 aliphatic carbocycles. The van der Waals surface area contributed by atoms with Crippen LogP contribution < -0.4 is 0 Å². The van der Waals surface area contributed by atoms with Gasteiger partial charge in [0.15, 0.2) is 0 Å². The Hall–Kier alpha value is 0.554. The van der Waals surface area contributed by atoms with Crippen LogP contribution in [0, 0.1) is 0 Å². The summed E-state index contributed by atoms with van der Waals surface area (Å²) in [5, 5.41) is 0. The summed E-state index contributed by atoms with van der Waals surface area (Å²) >= 11 is -4.68. The number of unbranched alkanes of at least 4 members (excludes halogenated alkanes) is 5. The van der Waals surface area contributed by atoms with Crippen molar-refractivity contribution in [3.63, 3.8) is 0 Å². The van der Waals surface area contributed by atoms with Gasteiger partial charge in [-0.1, -0.05) is 0 Å². The summed E-state index contributed by atoms with van der Waals surface area (Å²) in [6.45, 7) is 2.42. The molecule has 0 aromatic rings. The first-order valence-corrected chi connectivity index (χ1v) is 7.60. The first-order valence-electron chi connectivity index (χ1n) is 4.87. The van der Waals surface area contributed by atoms with E-state index in [9.17, 15) is 0 Å². The second-order valence-electron chi connectivity index (χ2n) is 3.19. The Kier molecular flexibility index (Phi) is 8.25. The summed E-state index contributed by atoms with van der Waals surface area (Å²) < 4.78 is 30.1. The Morgan fingerprint density at radius 2 is 1.46 bits per heavy atom. The van der Waals surface area contributed by atoms with Crippen LogP contribution in [0.3, 0.4) is 0 Å². The van der Waals surface area contributed by atoms with Crippen molar-refractivity contribution >= 4 is 0 Å². The Bertz CT molecular complexity index is 113. The van der Waals surface area contributed by atoms with E-state index in [0.29, 0.717) is 0 Å². The molecule has 4 nitrogen and oxygen atoms in total. The molecule has 0 saturated heterocycles. The van der Waals surface area contributed by atoms with Crippen molar-refractivity contribution in [2.24, 2.45) is 0 Å². The van der Waals surface area contributed by atoms with Crippen molar-refractivity contribution in [1.82, 2.24) is 0 Å². The van der Waals surface area contributed by atoms with Crippen LogP contribution >= 0.6 is 0 Å². The standard InChI is InChI=1S/C8H17O.3H2O.Ti/c1-2-3-4-5-6-7-8-9;;;;/h2-8H2,1H3;3*1H2;/q-1;;;;+4/p-3. The zero-order chi connectivity index (χ0) is 10.2. The van der Waals surface area contributed by atoms with Crippen molar-refractivity contribution in [2.45, 2.75) is 45.4 Å². The fraction of sp³-hybridized carbons (Fsp3) is 1.00. The fourth-order valence-corrected chi connectivity index (χ4v) is 1.74. The van der Waals surface area contributed by atoms with Gasteiger partial charge in [-0.15, -0.1) is 0 Å². The molecule has 0 aromatic heterocycles. The van der Waals surface area contributed by atoms with Crippen molar-refractivity contribution in [3.8, 4) is 0 Å². The summed E-state index contributed by atoms with van der Waals surface area (Å²) in [6.07, 6.45) is 6.66. The van der Waals surface area contributed by atoms with E-state index in [4.69, 9.17) is 11.1 Å². The Morgan fingerprint density at radius 3 is 2.00 bits per heavy atom. The van der Waals surface area contributed by atoms with Crippen LogP contribution in [-0.4, -0.2) is 17.7 Å². The zero-order valence-corrected chi connectivity index (χ0v) is 9.76. The molecule has 0 aliphatic rings. The first kappa shape index (κ1) is 13.6. The zero-order valence-electron chi connectivity index (χ0n) is 8.20. The van der Waals surface area contributed by atoms with E-state index in [0.717, 1.165) is 19.3 Å². The monoisotopic (exact) mass is 228 g/mol. The average molecular weight is 228 g/mol. The Balaban J connectivity index is 3.00. The maximum absolute atomic E-state index is 8.53. The summed E-state index contributed by atoms with van der Waals surface area (Å²) in [7, 11) is 0. The SMILES string of the molecule is CCCCCCCC[O][Ti]([OH])([OH])[OH]. The normalized spacial score (nSPS) is 12.0. The van der Waals surface area contributed by atoms with E-state index in [-0.39, 0.29) is 6.61 Å². The molecule has 0 aromatic carbocycles. The molecule has 0 saturated carbocycles. The molecule has 0 spiro atoms. The predicted octanol–water partition coefficient (Wildman–Crippen LogP) is 1.15. The fourth-order valence-electron chi connectivity index (χ4n) is 1.09. The van der Waals surface area contributed by atoms with Gasteiger partial charge in [-0.05, 0) is 0 Å². The molecule has 3 N–H and O–H groups in total. The maximum atomic E-state index is 8.53. The number of rotatable bonds is 8. The number of hydrogen-bond donors (Lipinski definition) is 3. The molecule has 0 atom stereocenters. The van der Waals surface area contributed by atoms with E-state index < -0.39 is 18.1 Å². The molecule has 0 aliphatic heterocycles. The molecule has 0 heterocycles. The van der Waals surface area contributed by atoms with Crippen molar-refractivity contribution in [1.29, 1.82) is 0 Å². The van der Waals surface area contributed by atoms with Gasteiger partial charge >= 0.3 is 84.6 Å². The van der Waals surface area contributed by atoms with Crippen LogP contribution in [0.4, 0.5) is 0 Å². The minimum absolute atomic E-state index is 0.260. The molecule has 80 valence electrons.